The summed E-state index contributed by atoms with van der Waals surface area (Å²) in [5.74, 6) is -1.01. The highest BCUT2D eigenvalue weighted by Crippen LogP contribution is 2.32. The first-order valence-electron chi connectivity index (χ1n) is 9.23. The van der Waals surface area contributed by atoms with E-state index in [0.29, 0.717) is 0 Å². The first kappa shape index (κ1) is 23.0. The van der Waals surface area contributed by atoms with E-state index in [9.17, 15) is 23.4 Å². The van der Waals surface area contributed by atoms with Gasteiger partial charge in [-0.05, 0) is 12.3 Å². The number of anilines is 1. The molecule has 3 heterocycles. The van der Waals surface area contributed by atoms with E-state index < -0.39 is 53.1 Å². The molecule has 2 aromatic heterocycles. The Morgan fingerprint density at radius 1 is 1.35 bits per heavy atom. The third kappa shape index (κ3) is 4.96. The number of carbonyl (C=O) groups excluding carboxylic acids is 1. The quantitative estimate of drug-likeness (QED) is 0.286. The molecule has 0 aromatic carbocycles. The molecule has 14 nitrogen and oxygen atoms in total. The van der Waals surface area contributed by atoms with Gasteiger partial charge in [0.05, 0.1) is 18.6 Å². The van der Waals surface area contributed by atoms with Gasteiger partial charge < -0.3 is 20.7 Å². The molecule has 1 aliphatic rings. The Labute approximate surface area is 177 Å². The smallest absolute Gasteiger partial charge is 0.362 e. The zero-order chi connectivity index (χ0) is 22.9. The highest BCUT2D eigenvalue weighted by Gasteiger charge is 2.45. The summed E-state index contributed by atoms with van der Waals surface area (Å²) in [5.41, 5.74) is 5.82. The van der Waals surface area contributed by atoms with Crippen LogP contribution in [-0.2, 0) is 24.0 Å². The number of amides is 1. The number of imidazole rings is 1. The van der Waals surface area contributed by atoms with E-state index >= 15 is 0 Å². The molecule has 1 amide bonds. The second-order valence-corrected chi connectivity index (χ2v) is 8.72. The van der Waals surface area contributed by atoms with Crippen molar-refractivity contribution in [3.8, 4) is 0 Å². The molecule has 0 radical (unpaired) electrons. The summed E-state index contributed by atoms with van der Waals surface area (Å²) in [6.07, 6.45) is -2.80. The number of aliphatic hydroxyl groups excluding tert-OH is 2. The fourth-order valence-electron chi connectivity index (χ4n) is 3.02. The van der Waals surface area contributed by atoms with Gasteiger partial charge in [-0.25, -0.2) is 19.7 Å². The van der Waals surface area contributed by atoms with Crippen molar-refractivity contribution in [3.05, 3.63) is 12.7 Å². The van der Waals surface area contributed by atoms with Crippen LogP contribution in [0.5, 0.6) is 0 Å². The maximum absolute atomic E-state index is 12.0. The standard InChI is InChI=1S/C16H23N7O7S/c1-7(2)3-8(17)15(26)22-31(27,28)29-4-9-11(24)12(25)16(30-9)23-6-21-10-13(18)19-5-20-14(10)23/h5-7,9,11-12,16-17,24-25H,3-4H2,1-2H3,(H,22,26)(H2,18,19,20)/t9-,11-,12-,16-/m1/s1. The Morgan fingerprint density at radius 2 is 2.06 bits per heavy atom. The van der Waals surface area contributed by atoms with Crippen LogP contribution < -0.4 is 10.5 Å². The Bertz CT molecular complexity index is 1090. The average molecular weight is 457 g/mol. The fourth-order valence-corrected chi connectivity index (χ4v) is 3.74. The molecule has 2 aromatic rings. The van der Waals surface area contributed by atoms with Crippen LogP contribution in [0.25, 0.3) is 11.2 Å². The van der Waals surface area contributed by atoms with Crippen molar-refractivity contribution in [2.75, 3.05) is 12.3 Å². The summed E-state index contributed by atoms with van der Waals surface area (Å²) in [6.45, 7) is 2.85. The number of nitrogens with two attached hydrogens (primary N) is 1. The number of aromatic nitrogens is 4. The van der Waals surface area contributed by atoms with Crippen molar-refractivity contribution in [1.82, 2.24) is 24.2 Å². The van der Waals surface area contributed by atoms with E-state index in [2.05, 4.69) is 15.0 Å². The number of carbonyl (C=O) groups is 1. The van der Waals surface area contributed by atoms with Crippen LogP contribution >= 0.6 is 0 Å². The number of ether oxygens (including phenoxy) is 1. The van der Waals surface area contributed by atoms with Gasteiger partial charge in [0.25, 0.3) is 5.91 Å². The van der Waals surface area contributed by atoms with Gasteiger partial charge in [0.2, 0.25) is 0 Å². The van der Waals surface area contributed by atoms with Gasteiger partial charge in [0, 0.05) is 0 Å². The van der Waals surface area contributed by atoms with Gasteiger partial charge in [-0.1, -0.05) is 13.8 Å². The van der Waals surface area contributed by atoms with Crippen molar-refractivity contribution >= 4 is 38.9 Å². The highest BCUT2D eigenvalue weighted by atomic mass is 32.2. The predicted octanol–water partition coefficient (Wildman–Crippen LogP) is -1.53. The van der Waals surface area contributed by atoms with Crippen molar-refractivity contribution in [3.63, 3.8) is 0 Å². The maximum atomic E-state index is 12.0. The number of nitrogen functional groups attached to an aromatic ring is 1. The lowest BCUT2D eigenvalue weighted by Gasteiger charge is -2.16. The molecule has 4 atom stereocenters. The van der Waals surface area contributed by atoms with Crippen LogP contribution in [0.4, 0.5) is 5.82 Å². The zero-order valence-corrected chi connectivity index (χ0v) is 17.5. The van der Waals surface area contributed by atoms with Crippen LogP contribution in [0.2, 0.25) is 0 Å². The van der Waals surface area contributed by atoms with Gasteiger partial charge in [-0.2, -0.15) is 8.42 Å². The van der Waals surface area contributed by atoms with E-state index in [-0.39, 0.29) is 29.3 Å². The number of aliphatic hydroxyl groups is 2. The third-order valence-electron chi connectivity index (χ3n) is 4.49. The molecule has 1 saturated heterocycles. The average Bonchev–Trinajstić information content (AvgIpc) is 3.22. The highest BCUT2D eigenvalue weighted by molar-refractivity contribution is 7.85. The zero-order valence-electron chi connectivity index (χ0n) is 16.7. The number of rotatable bonds is 8. The van der Waals surface area contributed by atoms with Gasteiger partial charge in [-0.3, -0.25) is 19.0 Å². The molecular formula is C16H23N7O7S. The van der Waals surface area contributed by atoms with Crippen LogP contribution in [0.15, 0.2) is 12.7 Å². The maximum Gasteiger partial charge on any atom is 0.362 e. The molecule has 0 saturated carbocycles. The second kappa shape index (κ2) is 8.80. The molecule has 0 spiro atoms. The number of hydrogen-bond acceptors (Lipinski definition) is 12. The molecule has 1 aliphatic heterocycles. The van der Waals surface area contributed by atoms with Gasteiger partial charge >= 0.3 is 10.3 Å². The third-order valence-corrected chi connectivity index (χ3v) is 5.37. The molecule has 170 valence electrons. The second-order valence-electron chi connectivity index (χ2n) is 7.38. The van der Waals surface area contributed by atoms with E-state index in [0.717, 1.165) is 0 Å². The lowest BCUT2D eigenvalue weighted by molar-refractivity contribution is -0.113. The summed E-state index contributed by atoms with van der Waals surface area (Å²) in [4.78, 5) is 23.7. The summed E-state index contributed by atoms with van der Waals surface area (Å²) in [5, 5.41) is 28.2. The first-order chi connectivity index (χ1) is 14.5. The Hall–Kier alpha value is -2.72. The van der Waals surface area contributed by atoms with Gasteiger partial charge in [0.15, 0.2) is 17.7 Å². The minimum atomic E-state index is -4.57. The largest absolute Gasteiger partial charge is 0.387 e. The summed E-state index contributed by atoms with van der Waals surface area (Å²) >= 11 is 0. The van der Waals surface area contributed by atoms with E-state index in [1.54, 1.807) is 18.6 Å². The molecule has 0 aliphatic carbocycles. The molecular weight excluding hydrogens is 434 g/mol. The van der Waals surface area contributed by atoms with Crippen LogP contribution in [0.1, 0.15) is 26.5 Å². The molecule has 6 N–H and O–H groups in total. The first-order valence-corrected chi connectivity index (χ1v) is 10.6. The number of nitrogens with zero attached hydrogens (tertiary/aromatic N) is 4. The number of fused-ring (bicyclic) bond motifs is 1. The van der Waals surface area contributed by atoms with E-state index in [1.807, 2.05) is 0 Å². The molecule has 0 unspecified atom stereocenters. The van der Waals surface area contributed by atoms with Crippen molar-refractivity contribution in [2.24, 2.45) is 5.92 Å². The van der Waals surface area contributed by atoms with Gasteiger partial charge in [-0.15, -0.1) is 0 Å². The minimum absolute atomic E-state index is 0.0118. The van der Waals surface area contributed by atoms with Crippen LogP contribution in [0, 0.1) is 11.3 Å². The lowest BCUT2D eigenvalue weighted by atomic mass is 10.1. The Balaban J connectivity index is 1.66. The lowest BCUT2D eigenvalue weighted by Crippen LogP contribution is -2.40. The summed E-state index contributed by atoms with van der Waals surface area (Å²) in [6, 6.07) is 0. The monoisotopic (exact) mass is 457 g/mol. The van der Waals surface area contributed by atoms with Crippen molar-refractivity contribution in [2.45, 2.75) is 44.8 Å². The predicted molar refractivity (Wildman–Crippen MR) is 106 cm³/mol. The molecule has 1 fully saturated rings. The molecule has 3 rings (SSSR count). The fraction of sp³-hybridized carbons (Fsp3) is 0.562. The Morgan fingerprint density at radius 3 is 2.74 bits per heavy atom. The van der Waals surface area contributed by atoms with Gasteiger partial charge in [0.1, 0.15) is 30.2 Å². The van der Waals surface area contributed by atoms with E-state index in [1.165, 1.54) is 17.2 Å². The SMILES string of the molecule is CC(C)CC(=N)C(=O)NS(=O)(=O)OC[C@H]1O[C@@H](n2cnc3c(N)ncnc32)[C@H](O)[C@@H]1O. The summed E-state index contributed by atoms with van der Waals surface area (Å²) in [7, 11) is -4.57. The number of hydrogen-bond donors (Lipinski definition) is 5. The Kier molecular flexibility index (Phi) is 6.51. The van der Waals surface area contributed by atoms with Crippen LogP contribution in [-0.4, -0.2) is 74.7 Å². The molecule has 31 heavy (non-hydrogen) atoms. The van der Waals surface area contributed by atoms with Crippen molar-refractivity contribution in [1.29, 1.82) is 5.41 Å². The van der Waals surface area contributed by atoms with Crippen molar-refractivity contribution < 1.29 is 32.3 Å². The van der Waals surface area contributed by atoms with E-state index in [4.69, 9.17) is 20.1 Å². The molecule has 15 heteroatoms. The normalized spacial score (nSPS) is 24.0. The topological polar surface area (TPSA) is 216 Å². The summed E-state index contributed by atoms with van der Waals surface area (Å²) < 4.78 is 37.2. The van der Waals surface area contributed by atoms with Crippen LogP contribution in [0.3, 0.4) is 0 Å². The molecule has 0 bridgehead atoms. The minimum Gasteiger partial charge on any atom is -0.387 e. The number of nitrogens with one attached hydrogen (secondary N) is 2.